The van der Waals surface area contributed by atoms with Crippen molar-refractivity contribution in [2.24, 2.45) is 0 Å². The van der Waals surface area contributed by atoms with Crippen molar-refractivity contribution < 1.29 is 37.0 Å². The van der Waals surface area contributed by atoms with Crippen molar-refractivity contribution in [3.8, 4) is 0 Å². The summed E-state index contributed by atoms with van der Waals surface area (Å²) >= 11 is 0. The molecule has 24 heavy (non-hydrogen) atoms. The van der Waals surface area contributed by atoms with Crippen molar-refractivity contribution >= 4 is 0 Å². The van der Waals surface area contributed by atoms with Gasteiger partial charge >= 0.3 is 0 Å². The summed E-state index contributed by atoms with van der Waals surface area (Å²) in [5, 5.41) is 24.4. The van der Waals surface area contributed by atoms with E-state index in [0.29, 0.717) is 0 Å². The smallest absolute Gasteiger partial charge is 0.0426 e. The molecule has 0 saturated heterocycles. The molecule has 1 rings (SSSR count). The Morgan fingerprint density at radius 3 is 1.96 bits per heavy atom. The van der Waals surface area contributed by atoms with Gasteiger partial charge in [-0.1, -0.05) is 36.9 Å². The zero-order valence-corrected chi connectivity index (χ0v) is 17.2. The van der Waals surface area contributed by atoms with Crippen molar-refractivity contribution in [2.45, 2.75) is 19.9 Å². The largest absolute Gasteiger partial charge is 0.400 e. The third-order valence-electron chi connectivity index (χ3n) is 2.67. The number of nitrogens with one attached hydrogen (secondary N) is 1. The first kappa shape index (κ1) is 31.1. The SMILES string of the molecule is C=C(C)N(CCNCC[CH2-])Cc1ccccc1.CO.CO.CO.[Ti]. The van der Waals surface area contributed by atoms with Gasteiger partial charge in [0.2, 0.25) is 0 Å². The van der Waals surface area contributed by atoms with Gasteiger partial charge in [0.25, 0.3) is 0 Å². The normalized spacial score (nSPS) is 8.00. The van der Waals surface area contributed by atoms with Crippen LogP contribution in [-0.4, -0.2) is 61.2 Å². The monoisotopic (exact) mass is 375 g/mol. The van der Waals surface area contributed by atoms with Gasteiger partial charge in [0.1, 0.15) is 0 Å². The van der Waals surface area contributed by atoms with E-state index in [0.717, 1.165) is 59.6 Å². The van der Waals surface area contributed by atoms with E-state index in [1.807, 2.05) is 6.07 Å². The number of nitrogens with zero attached hydrogens (tertiary/aromatic N) is 1. The molecule has 6 heteroatoms. The maximum Gasteiger partial charge on any atom is 0.0426 e. The molecule has 0 aliphatic heterocycles. The van der Waals surface area contributed by atoms with E-state index in [1.54, 1.807) is 0 Å². The number of aliphatic hydroxyl groups is 3. The predicted octanol–water partition coefficient (Wildman–Crippen LogP) is 1.66. The van der Waals surface area contributed by atoms with Crippen molar-refractivity contribution in [1.82, 2.24) is 10.2 Å². The Balaban J connectivity index is -0.000000256. The van der Waals surface area contributed by atoms with Gasteiger partial charge < -0.3 is 32.5 Å². The molecule has 0 bridgehead atoms. The Morgan fingerprint density at radius 1 is 1.04 bits per heavy atom. The summed E-state index contributed by atoms with van der Waals surface area (Å²) in [7, 11) is 3.00. The molecule has 0 saturated carbocycles. The van der Waals surface area contributed by atoms with Gasteiger partial charge in [0, 0.05) is 68.4 Å². The summed E-state index contributed by atoms with van der Waals surface area (Å²) in [6.45, 7) is 13.8. The molecule has 0 fully saturated rings. The van der Waals surface area contributed by atoms with Crippen LogP contribution in [0, 0.1) is 6.92 Å². The summed E-state index contributed by atoms with van der Waals surface area (Å²) in [6, 6.07) is 10.5. The number of benzene rings is 1. The Morgan fingerprint density at radius 2 is 1.54 bits per heavy atom. The van der Waals surface area contributed by atoms with Gasteiger partial charge in [-0.25, -0.2) is 0 Å². The van der Waals surface area contributed by atoms with Gasteiger partial charge in [-0.15, -0.1) is 0 Å². The fourth-order valence-corrected chi connectivity index (χ4v) is 1.67. The van der Waals surface area contributed by atoms with Crippen LogP contribution < -0.4 is 5.32 Å². The summed E-state index contributed by atoms with van der Waals surface area (Å²) in [4.78, 5) is 2.30. The maximum atomic E-state index is 7.00. The fourth-order valence-electron chi connectivity index (χ4n) is 1.67. The summed E-state index contributed by atoms with van der Waals surface area (Å²) in [5.74, 6) is 0. The number of rotatable bonds is 8. The van der Waals surface area contributed by atoms with Crippen LogP contribution in [0.15, 0.2) is 42.6 Å². The second kappa shape index (κ2) is 27.2. The minimum Gasteiger partial charge on any atom is -0.400 e. The number of aliphatic hydroxyl groups excluding tert-OH is 3. The van der Waals surface area contributed by atoms with Crippen LogP contribution in [0.25, 0.3) is 0 Å². The molecule has 1 aromatic carbocycles. The Labute approximate surface area is 163 Å². The molecule has 0 aromatic heterocycles. The summed E-state index contributed by atoms with van der Waals surface area (Å²) < 4.78 is 0. The average Bonchev–Trinajstić information content (AvgIpc) is 2.63. The fraction of sp³-hybridized carbons (Fsp3) is 0.500. The van der Waals surface area contributed by atoms with Gasteiger partial charge in [-0.3, -0.25) is 0 Å². The minimum atomic E-state index is 0. The number of hydrogen-bond acceptors (Lipinski definition) is 5. The molecule has 1 aromatic rings. The van der Waals surface area contributed by atoms with Crippen LogP contribution in [0.1, 0.15) is 18.9 Å². The van der Waals surface area contributed by atoms with Gasteiger partial charge in [0.05, 0.1) is 0 Å². The summed E-state index contributed by atoms with van der Waals surface area (Å²) in [6.07, 6.45) is 0.936. The van der Waals surface area contributed by atoms with Crippen LogP contribution in [0.3, 0.4) is 0 Å². The van der Waals surface area contributed by atoms with E-state index < -0.39 is 0 Å². The first-order valence-corrected chi connectivity index (χ1v) is 7.52. The van der Waals surface area contributed by atoms with E-state index in [2.05, 4.69) is 54.9 Å². The van der Waals surface area contributed by atoms with E-state index in [4.69, 9.17) is 15.3 Å². The quantitative estimate of drug-likeness (QED) is 0.316. The van der Waals surface area contributed by atoms with Crippen LogP contribution in [0.5, 0.6) is 0 Å². The first-order valence-electron chi connectivity index (χ1n) is 7.52. The Bertz CT molecular complexity index is 338. The van der Waals surface area contributed by atoms with Gasteiger partial charge in [-0.2, -0.15) is 6.42 Å². The molecule has 0 aliphatic carbocycles. The first-order chi connectivity index (χ1) is 11.2. The molecule has 0 radical (unpaired) electrons. The molecular formula is C18H35N2O3Ti-. The van der Waals surface area contributed by atoms with E-state index in [1.165, 1.54) is 5.56 Å². The molecular weight excluding hydrogens is 340 g/mol. The number of hydrogen-bond donors (Lipinski definition) is 4. The molecule has 140 valence electrons. The minimum absolute atomic E-state index is 0. The topological polar surface area (TPSA) is 76.0 Å². The molecule has 0 amide bonds. The molecule has 0 aliphatic rings. The Kier molecular flexibility index (Phi) is 35.2. The van der Waals surface area contributed by atoms with Crippen LogP contribution >= 0.6 is 0 Å². The van der Waals surface area contributed by atoms with Crippen LogP contribution in [-0.2, 0) is 28.3 Å². The molecule has 0 unspecified atom stereocenters. The van der Waals surface area contributed by atoms with E-state index in [9.17, 15) is 0 Å². The van der Waals surface area contributed by atoms with E-state index in [-0.39, 0.29) is 21.7 Å². The maximum absolute atomic E-state index is 7.00. The molecule has 5 nitrogen and oxygen atoms in total. The van der Waals surface area contributed by atoms with Crippen LogP contribution in [0.2, 0.25) is 0 Å². The van der Waals surface area contributed by atoms with E-state index >= 15 is 0 Å². The Hall–Kier alpha value is -0.686. The predicted molar refractivity (Wildman–Crippen MR) is 98.9 cm³/mol. The van der Waals surface area contributed by atoms with Gasteiger partial charge in [0.15, 0.2) is 0 Å². The van der Waals surface area contributed by atoms with Gasteiger partial charge in [-0.05, 0) is 19.0 Å². The number of allylic oxidation sites excluding steroid dienone is 1. The second-order valence-corrected chi connectivity index (χ2v) is 4.25. The van der Waals surface area contributed by atoms with Crippen LogP contribution in [0.4, 0.5) is 0 Å². The van der Waals surface area contributed by atoms with Crippen molar-refractivity contribution in [3.05, 3.63) is 55.1 Å². The zero-order chi connectivity index (χ0) is 18.5. The third kappa shape index (κ3) is 19.4. The third-order valence-corrected chi connectivity index (χ3v) is 2.67. The standard InChI is InChI=1S/C15H23N2.3CH4O.Ti/c1-4-10-16-11-12-17(14(2)3)13-15-8-6-5-7-9-15;3*1-2;/h5-9,16H,1-2,4,10-13H2,3H3;3*2H,1H3;/q-1;;;;. The van der Waals surface area contributed by atoms with Crippen molar-refractivity contribution in [2.75, 3.05) is 41.0 Å². The molecule has 0 atom stereocenters. The molecule has 0 spiro atoms. The summed E-state index contributed by atoms with van der Waals surface area (Å²) in [5.41, 5.74) is 2.44. The average molecular weight is 375 g/mol. The molecule has 4 N–H and O–H groups in total. The van der Waals surface area contributed by atoms with Crippen molar-refractivity contribution in [1.29, 1.82) is 0 Å². The second-order valence-electron chi connectivity index (χ2n) is 4.25. The molecule has 0 heterocycles. The zero-order valence-electron chi connectivity index (χ0n) is 15.6. The van der Waals surface area contributed by atoms with Crippen molar-refractivity contribution in [3.63, 3.8) is 0 Å².